The van der Waals surface area contributed by atoms with Crippen molar-refractivity contribution in [3.05, 3.63) is 11.3 Å². The van der Waals surface area contributed by atoms with Gasteiger partial charge in [-0.3, -0.25) is 9.79 Å². The fraction of sp³-hybridized carbons (Fsp3) is 0.750. The minimum Gasteiger partial charge on any atom is -0.511 e. The van der Waals surface area contributed by atoms with Crippen LogP contribution >= 0.6 is 0 Å². The van der Waals surface area contributed by atoms with Crippen LogP contribution in [0.1, 0.15) is 59.8 Å². The maximum atomic E-state index is 12.3. The number of ketones is 1. The molecule has 1 aliphatic rings. The molecule has 0 aromatic carbocycles. The molecule has 20 heavy (non-hydrogen) atoms. The summed E-state index contributed by atoms with van der Waals surface area (Å²) in [4.78, 5) is 16.9. The van der Waals surface area contributed by atoms with Crippen molar-refractivity contribution < 1.29 is 15.0 Å². The Kier molecular flexibility index (Phi) is 5.93. The lowest BCUT2D eigenvalue weighted by atomic mass is 9.73. The second kappa shape index (κ2) is 7.02. The highest BCUT2D eigenvalue weighted by molar-refractivity contribution is 6.24. The summed E-state index contributed by atoms with van der Waals surface area (Å²) in [5.41, 5.74) is 0.927. The number of aliphatic imine (C=N–C) groups is 1. The molecule has 4 nitrogen and oxygen atoms in total. The SMILES string of the molecule is CCC/C(O)=C1\C(=O)CC(C)(C)CC1=NC(CC)CO. The van der Waals surface area contributed by atoms with Gasteiger partial charge in [0.05, 0.1) is 18.2 Å². The molecular weight excluding hydrogens is 254 g/mol. The van der Waals surface area contributed by atoms with Gasteiger partial charge in [-0.15, -0.1) is 0 Å². The van der Waals surface area contributed by atoms with E-state index in [-0.39, 0.29) is 29.6 Å². The third-order valence-electron chi connectivity index (χ3n) is 3.65. The van der Waals surface area contributed by atoms with Gasteiger partial charge in [0.1, 0.15) is 5.76 Å². The van der Waals surface area contributed by atoms with Crippen molar-refractivity contribution in [3.8, 4) is 0 Å². The van der Waals surface area contributed by atoms with Crippen molar-refractivity contribution in [3.63, 3.8) is 0 Å². The zero-order chi connectivity index (χ0) is 15.3. The Morgan fingerprint density at radius 3 is 2.50 bits per heavy atom. The molecule has 0 bridgehead atoms. The van der Waals surface area contributed by atoms with Crippen LogP contribution in [0.15, 0.2) is 16.3 Å². The van der Waals surface area contributed by atoms with Gasteiger partial charge in [0.15, 0.2) is 5.78 Å². The zero-order valence-electron chi connectivity index (χ0n) is 13.1. The van der Waals surface area contributed by atoms with Crippen LogP contribution in [0, 0.1) is 5.41 Å². The summed E-state index contributed by atoms with van der Waals surface area (Å²) < 4.78 is 0. The Balaban J connectivity index is 3.23. The lowest BCUT2D eigenvalue weighted by Crippen LogP contribution is -2.33. The molecule has 1 fully saturated rings. The van der Waals surface area contributed by atoms with Crippen molar-refractivity contribution >= 4 is 11.5 Å². The first-order valence-corrected chi connectivity index (χ1v) is 7.47. The Bertz CT molecular complexity index is 417. The van der Waals surface area contributed by atoms with Crippen LogP contribution in [-0.2, 0) is 4.79 Å². The Hall–Kier alpha value is -1.16. The van der Waals surface area contributed by atoms with Crippen LogP contribution in [-0.4, -0.2) is 34.4 Å². The summed E-state index contributed by atoms with van der Waals surface area (Å²) in [6, 6.07) is -0.198. The van der Waals surface area contributed by atoms with Crippen LogP contribution in [0.25, 0.3) is 0 Å². The number of carbonyl (C=O) groups is 1. The van der Waals surface area contributed by atoms with E-state index >= 15 is 0 Å². The quantitative estimate of drug-likeness (QED) is 0.600. The highest BCUT2D eigenvalue weighted by Gasteiger charge is 2.36. The molecule has 1 saturated carbocycles. The van der Waals surface area contributed by atoms with Gasteiger partial charge < -0.3 is 10.2 Å². The number of rotatable bonds is 5. The number of aliphatic hydroxyl groups excluding tert-OH is 2. The van der Waals surface area contributed by atoms with Crippen molar-refractivity contribution in [2.45, 2.75) is 65.8 Å². The molecule has 1 aliphatic carbocycles. The van der Waals surface area contributed by atoms with Crippen molar-refractivity contribution in [1.29, 1.82) is 0 Å². The maximum Gasteiger partial charge on any atom is 0.168 e. The number of hydrogen-bond donors (Lipinski definition) is 2. The third kappa shape index (κ3) is 4.17. The molecule has 4 heteroatoms. The average molecular weight is 281 g/mol. The molecule has 0 amide bonds. The summed E-state index contributed by atoms with van der Waals surface area (Å²) in [5.74, 6) is 0.123. The summed E-state index contributed by atoms with van der Waals surface area (Å²) in [7, 11) is 0. The monoisotopic (exact) mass is 281 g/mol. The topological polar surface area (TPSA) is 69.9 Å². The lowest BCUT2D eigenvalue weighted by Gasteiger charge is -2.32. The largest absolute Gasteiger partial charge is 0.511 e. The van der Waals surface area contributed by atoms with E-state index in [1.54, 1.807) is 0 Å². The van der Waals surface area contributed by atoms with E-state index in [0.717, 1.165) is 12.8 Å². The van der Waals surface area contributed by atoms with Crippen molar-refractivity contribution in [1.82, 2.24) is 0 Å². The summed E-state index contributed by atoms with van der Waals surface area (Å²) in [5, 5.41) is 19.5. The van der Waals surface area contributed by atoms with Gasteiger partial charge in [-0.1, -0.05) is 27.7 Å². The number of hydrogen-bond acceptors (Lipinski definition) is 4. The normalized spacial score (nSPS) is 24.9. The first kappa shape index (κ1) is 16.9. The smallest absolute Gasteiger partial charge is 0.168 e. The Morgan fingerprint density at radius 1 is 1.35 bits per heavy atom. The molecule has 0 radical (unpaired) electrons. The van der Waals surface area contributed by atoms with Crippen LogP contribution < -0.4 is 0 Å². The second-order valence-corrected chi connectivity index (χ2v) is 6.33. The fourth-order valence-corrected chi connectivity index (χ4v) is 2.57. The molecule has 1 atom stereocenters. The molecule has 0 aliphatic heterocycles. The van der Waals surface area contributed by atoms with Gasteiger partial charge in [-0.2, -0.15) is 0 Å². The minimum absolute atomic E-state index is 0.0289. The number of nitrogens with zero attached hydrogens (tertiary/aromatic N) is 1. The van der Waals surface area contributed by atoms with Gasteiger partial charge in [0.25, 0.3) is 0 Å². The Labute approximate surface area is 121 Å². The van der Waals surface area contributed by atoms with Crippen LogP contribution in [0.3, 0.4) is 0 Å². The van der Waals surface area contributed by atoms with Gasteiger partial charge in [-0.25, -0.2) is 0 Å². The predicted molar refractivity (Wildman–Crippen MR) is 81.2 cm³/mol. The molecule has 114 valence electrons. The molecule has 2 N–H and O–H groups in total. The van der Waals surface area contributed by atoms with Crippen LogP contribution in [0.5, 0.6) is 0 Å². The van der Waals surface area contributed by atoms with Crippen LogP contribution in [0.2, 0.25) is 0 Å². The summed E-state index contributed by atoms with van der Waals surface area (Å²) in [6.45, 7) is 7.96. The van der Waals surface area contributed by atoms with E-state index in [9.17, 15) is 15.0 Å². The number of aliphatic hydroxyl groups is 2. The number of carbonyl (C=O) groups excluding carboxylic acids is 1. The second-order valence-electron chi connectivity index (χ2n) is 6.33. The van der Waals surface area contributed by atoms with E-state index in [1.165, 1.54) is 0 Å². The van der Waals surface area contributed by atoms with E-state index in [1.807, 2.05) is 27.7 Å². The average Bonchev–Trinajstić information content (AvgIpc) is 2.34. The van der Waals surface area contributed by atoms with Crippen molar-refractivity contribution in [2.24, 2.45) is 10.4 Å². The zero-order valence-corrected chi connectivity index (χ0v) is 13.1. The standard InChI is InChI=1S/C16H27NO3/c1-5-7-13(19)15-12(17-11(6-2)10-18)8-16(3,4)9-14(15)20/h11,18-19H,5-10H2,1-4H3/b15-13+,17-12?. The predicted octanol–water partition coefficient (Wildman–Crippen LogP) is 3.20. The molecule has 1 unspecified atom stereocenters. The minimum atomic E-state index is -0.198. The van der Waals surface area contributed by atoms with Gasteiger partial charge in [-0.05, 0) is 24.7 Å². The molecule has 0 saturated heterocycles. The van der Waals surface area contributed by atoms with Gasteiger partial charge >= 0.3 is 0 Å². The highest BCUT2D eigenvalue weighted by atomic mass is 16.3. The highest BCUT2D eigenvalue weighted by Crippen LogP contribution is 2.36. The maximum absolute atomic E-state index is 12.3. The molecule has 0 aromatic heterocycles. The summed E-state index contributed by atoms with van der Waals surface area (Å²) >= 11 is 0. The summed E-state index contributed by atoms with van der Waals surface area (Å²) in [6.07, 6.45) is 3.10. The molecule has 0 aromatic rings. The molecule has 0 spiro atoms. The lowest BCUT2D eigenvalue weighted by molar-refractivity contribution is -0.117. The van der Waals surface area contributed by atoms with Crippen LogP contribution in [0.4, 0.5) is 0 Å². The van der Waals surface area contributed by atoms with E-state index in [4.69, 9.17) is 0 Å². The molecule has 0 heterocycles. The van der Waals surface area contributed by atoms with E-state index in [2.05, 4.69) is 4.99 Å². The number of allylic oxidation sites excluding steroid dienone is 2. The van der Waals surface area contributed by atoms with Crippen molar-refractivity contribution in [2.75, 3.05) is 6.61 Å². The first-order chi connectivity index (χ1) is 9.34. The molecular formula is C16H27NO3. The Morgan fingerprint density at radius 2 is 2.00 bits per heavy atom. The van der Waals surface area contributed by atoms with E-state index in [0.29, 0.717) is 30.5 Å². The van der Waals surface area contributed by atoms with Gasteiger partial charge in [0, 0.05) is 18.6 Å². The third-order valence-corrected chi connectivity index (χ3v) is 3.65. The van der Waals surface area contributed by atoms with E-state index < -0.39 is 0 Å². The fourth-order valence-electron chi connectivity index (χ4n) is 2.57. The van der Waals surface area contributed by atoms with Gasteiger partial charge in [0.2, 0.25) is 0 Å². The number of Topliss-reactive ketones (excluding diaryl/α,β-unsaturated/α-hetero) is 1. The first-order valence-electron chi connectivity index (χ1n) is 7.47. The molecule has 1 rings (SSSR count).